The average Bonchev–Trinajstić information content (AvgIpc) is 2.22. The third-order valence-electron chi connectivity index (χ3n) is 2.08. The van der Waals surface area contributed by atoms with Crippen molar-refractivity contribution in [3.8, 4) is 5.75 Å². The highest BCUT2D eigenvalue weighted by atomic mass is 35.5. The monoisotopic (exact) mass is 256 g/mol. The fraction of sp³-hybridized carbons (Fsp3) is 0.417. The summed E-state index contributed by atoms with van der Waals surface area (Å²) in [4.78, 5) is 11.3. The lowest BCUT2D eigenvalue weighted by atomic mass is 10.2. The second-order valence-corrected chi connectivity index (χ2v) is 4.35. The van der Waals surface area contributed by atoms with Gasteiger partial charge in [0, 0.05) is 19.1 Å². The number of hydrazine groups is 1. The maximum Gasteiger partial charge on any atom is 0.237 e. The SMILES string of the molecule is Cc1cc(OCCC(=O)NN(C)C)ccc1Cl. The Hall–Kier alpha value is -1.26. The Morgan fingerprint density at radius 1 is 1.47 bits per heavy atom. The molecule has 0 atom stereocenters. The predicted octanol–water partition coefficient (Wildman–Crippen LogP) is 2.01. The molecule has 0 spiro atoms. The molecule has 1 aromatic rings. The van der Waals surface area contributed by atoms with Gasteiger partial charge in [-0.2, -0.15) is 0 Å². The minimum absolute atomic E-state index is 0.0688. The van der Waals surface area contributed by atoms with Crippen molar-refractivity contribution in [2.45, 2.75) is 13.3 Å². The normalized spacial score (nSPS) is 10.4. The molecule has 4 nitrogen and oxygen atoms in total. The van der Waals surface area contributed by atoms with Crippen molar-refractivity contribution in [1.29, 1.82) is 0 Å². The molecular weight excluding hydrogens is 240 g/mol. The first-order chi connectivity index (χ1) is 7.99. The van der Waals surface area contributed by atoms with Crippen molar-refractivity contribution in [3.63, 3.8) is 0 Å². The van der Waals surface area contributed by atoms with Crippen LogP contribution in [-0.4, -0.2) is 31.6 Å². The molecular formula is C12H17ClN2O2. The second kappa shape index (κ2) is 6.47. The van der Waals surface area contributed by atoms with Crippen molar-refractivity contribution >= 4 is 17.5 Å². The van der Waals surface area contributed by atoms with E-state index in [2.05, 4.69) is 5.43 Å². The Balaban J connectivity index is 2.36. The number of ether oxygens (including phenoxy) is 1. The molecule has 17 heavy (non-hydrogen) atoms. The molecule has 0 fully saturated rings. The Kier molecular flexibility index (Phi) is 5.25. The number of halogens is 1. The number of carbonyl (C=O) groups is 1. The van der Waals surface area contributed by atoms with Gasteiger partial charge in [-0.25, -0.2) is 5.01 Å². The molecule has 0 aliphatic carbocycles. The summed E-state index contributed by atoms with van der Waals surface area (Å²) in [6.45, 7) is 2.26. The van der Waals surface area contributed by atoms with E-state index in [-0.39, 0.29) is 5.91 Å². The first-order valence-corrected chi connectivity index (χ1v) is 5.72. The molecule has 1 aromatic carbocycles. The van der Waals surface area contributed by atoms with Crippen LogP contribution in [0.1, 0.15) is 12.0 Å². The fourth-order valence-electron chi connectivity index (χ4n) is 1.27. The van der Waals surface area contributed by atoms with Crippen molar-refractivity contribution in [2.75, 3.05) is 20.7 Å². The van der Waals surface area contributed by atoms with Crippen LogP contribution in [0.15, 0.2) is 18.2 Å². The summed E-state index contributed by atoms with van der Waals surface area (Å²) in [5.74, 6) is 0.658. The number of carbonyl (C=O) groups excluding carboxylic acids is 1. The molecule has 5 heteroatoms. The quantitative estimate of drug-likeness (QED) is 0.820. The minimum atomic E-state index is -0.0688. The molecule has 1 rings (SSSR count). The van der Waals surface area contributed by atoms with Crippen molar-refractivity contribution < 1.29 is 9.53 Å². The van der Waals surface area contributed by atoms with E-state index in [4.69, 9.17) is 16.3 Å². The zero-order valence-electron chi connectivity index (χ0n) is 10.3. The summed E-state index contributed by atoms with van der Waals surface area (Å²) in [5, 5.41) is 2.32. The summed E-state index contributed by atoms with van der Waals surface area (Å²) < 4.78 is 5.46. The molecule has 0 saturated heterocycles. The van der Waals surface area contributed by atoms with Gasteiger partial charge in [0.15, 0.2) is 0 Å². The van der Waals surface area contributed by atoms with Crippen molar-refractivity contribution in [3.05, 3.63) is 28.8 Å². The lowest BCUT2D eigenvalue weighted by Gasteiger charge is -2.12. The van der Waals surface area contributed by atoms with E-state index in [1.807, 2.05) is 13.0 Å². The topological polar surface area (TPSA) is 41.6 Å². The van der Waals surface area contributed by atoms with Gasteiger partial charge >= 0.3 is 0 Å². The van der Waals surface area contributed by atoms with E-state index >= 15 is 0 Å². The Bertz CT molecular complexity index is 394. The highest BCUT2D eigenvalue weighted by Crippen LogP contribution is 2.20. The van der Waals surface area contributed by atoms with Crippen LogP contribution in [0.2, 0.25) is 5.02 Å². The number of aryl methyl sites for hydroxylation is 1. The molecule has 1 N–H and O–H groups in total. The zero-order chi connectivity index (χ0) is 12.8. The molecule has 0 saturated carbocycles. The summed E-state index contributed by atoms with van der Waals surface area (Å²) >= 11 is 5.90. The van der Waals surface area contributed by atoms with Crippen LogP contribution in [0.3, 0.4) is 0 Å². The maximum absolute atomic E-state index is 11.3. The van der Waals surface area contributed by atoms with Gasteiger partial charge in [0.2, 0.25) is 5.91 Å². The van der Waals surface area contributed by atoms with Gasteiger partial charge in [0.05, 0.1) is 13.0 Å². The van der Waals surface area contributed by atoms with Crippen molar-refractivity contribution in [1.82, 2.24) is 10.4 Å². The van der Waals surface area contributed by atoms with Gasteiger partial charge in [-0.3, -0.25) is 10.2 Å². The van der Waals surface area contributed by atoms with Gasteiger partial charge in [-0.05, 0) is 30.7 Å². The molecule has 1 amide bonds. The molecule has 0 bridgehead atoms. The smallest absolute Gasteiger partial charge is 0.237 e. The third kappa shape index (κ3) is 5.06. The van der Waals surface area contributed by atoms with Gasteiger partial charge in [0.1, 0.15) is 5.75 Å². The second-order valence-electron chi connectivity index (χ2n) is 3.94. The predicted molar refractivity (Wildman–Crippen MR) is 68.1 cm³/mol. The van der Waals surface area contributed by atoms with Gasteiger partial charge in [0.25, 0.3) is 0 Å². The zero-order valence-corrected chi connectivity index (χ0v) is 11.0. The van der Waals surface area contributed by atoms with Crippen molar-refractivity contribution in [2.24, 2.45) is 0 Å². The van der Waals surface area contributed by atoms with E-state index in [0.29, 0.717) is 18.1 Å². The Labute approximate surface area is 106 Å². The fourth-order valence-corrected chi connectivity index (χ4v) is 1.39. The number of benzene rings is 1. The van der Waals surface area contributed by atoms with Crippen LogP contribution in [0, 0.1) is 6.92 Å². The molecule has 0 aliphatic rings. The molecule has 0 aliphatic heterocycles. The van der Waals surface area contributed by atoms with E-state index in [1.165, 1.54) is 0 Å². The molecule has 0 radical (unpaired) electrons. The number of hydrogen-bond donors (Lipinski definition) is 1. The molecule has 94 valence electrons. The largest absolute Gasteiger partial charge is 0.493 e. The summed E-state index contributed by atoms with van der Waals surface area (Å²) in [5.41, 5.74) is 3.60. The number of nitrogens with one attached hydrogen (secondary N) is 1. The first kappa shape index (κ1) is 13.8. The average molecular weight is 257 g/mol. The minimum Gasteiger partial charge on any atom is -0.493 e. The van der Waals surface area contributed by atoms with Crippen LogP contribution >= 0.6 is 11.6 Å². The Morgan fingerprint density at radius 3 is 2.76 bits per heavy atom. The van der Waals surface area contributed by atoms with Crippen LogP contribution in [0.4, 0.5) is 0 Å². The van der Waals surface area contributed by atoms with Crippen LogP contribution in [0.5, 0.6) is 5.75 Å². The molecule has 0 aromatic heterocycles. The highest BCUT2D eigenvalue weighted by Gasteiger charge is 2.03. The number of rotatable bonds is 5. The van der Waals surface area contributed by atoms with Gasteiger partial charge in [-0.1, -0.05) is 11.6 Å². The lowest BCUT2D eigenvalue weighted by Crippen LogP contribution is -2.36. The van der Waals surface area contributed by atoms with Gasteiger partial charge < -0.3 is 4.74 Å². The lowest BCUT2D eigenvalue weighted by molar-refractivity contribution is -0.125. The molecule has 0 unspecified atom stereocenters. The standard InChI is InChI=1S/C12H17ClN2O2/c1-9-8-10(4-5-11(9)13)17-7-6-12(16)14-15(2)3/h4-5,8H,6-7H2,1-3H3,(H,14,16). The number of nitrogens with zero attached hydrogens (tertiary/aromatic N) is 1. The highest BCUT2D eigenvalue weighted by molar-refractivity contribution is 6.31. The van der Waals surface area contributed by atoms with Gasteiger partial charge in [-0.15, -0.1) is 0 Å². The molecule has 0 heterocycles. The maximum atomic E-state index is 11.3. The first-order valence-electron chi connectivity index (χ1n) is 5.35. The Morgan fingerprint density at radius 2 is 2.18 bits per heavy atom. The van der Waals surface area contributed by atoms with E-state index in [9.17, 15) is 4.79 Å². The third-order valence-corrected chi connectivity index (χ3v) is 2.50. The van der Waals surface area contributed by atoms with Crippen LogP contribution in [0.25, 0.3) is 0 Å². The summed E-state index contributed by atoms with van der Waals surface area (Å²) in [6.07, 6.45) is 0.319. The van der Waals surface area contributed by atoms with Crippen LogP contribution in [-0.2, 0) is 4.79 Å². The van der Waals surface area contributed by atoms with Crippen LogP contribution < -0.4 is 10.2 Å². The van der Waals surface area contributed by atoms with E-state index in [1.54, 1.807) is 31.2 Å². The number of hydrogen-bond acceptors (Lipinski definition) is 3. The number of amides is 1. The van der Waals surface area contributed by atoms with E-state index in [0.717, 1.165) is 11.3 Å². The summed E-state index contributed by atoms with van der Waals surface area (Å²) in [6, 6.07) is 5.43. The van der Waals surface area contributed by atoms with E-state index < -0.39 is 0 Å². The summed E-state index contributed by atoms with van der Waals surface area (Å²) in [7, 11) is 3.53.